The lowest BCUT2D eigenvalue weighted by Crippen LogP contribution is -2.48. The van der Waals surface area contributed by atoms with Crippen molar-refractivity contribution >= 4 is 5.91 Å². The first-order valence-corrected chi connectivity index (χ1v) is 7.41. The van der Waals surface area contributed by atoms with Gasteiger partial charge in [-0.05, 0) is 30.9 Å². The van der Waals surface area contributed by atoms with Crippen LogP contribution in [0.15, 0.2) is 24.3 Å². The number of carbonyl (C=O) groups is 1. The molecule has 0 bridgehead atoms. The zero-order valence-corrected chi connectivity index (χ0v) is 11.8. The second kappa shape index (κ2) is 5.73. The summed E-state index contributed by atoms with van der Waals surface area (Å²) in [6, 6.07) is 7.74. The van der Waals surface area contributed by atoms with Crippen molar-refractivity contribution in [3.63, 3.8) is 0 Å². The molecule has 1 aliphatic heterocycles. The second-order valence-electron chi connectivity index (χ2n) is 5.84. The predicted octanol–water partition coefficient (Wildman–Crippen LogP) is 2.52. The van der Waals surface area contributed by atoms with Crippen LogP contribution in [0.1, 0.15) is 32.6 Å². The lowest BCUT2D eigenvalue weighted by Gasteiger charge is -2.30. The molecule has 0 radical (unpaired) electrons. The number of rotatable bonds is 2. The highest BCUT2D eigenvalue weighted by molar-refractivity contribution is 5.82. The van der Waals surface area contributed by atoms with E-state index in [1.807, 2.05) is 24.3 Å². The monoisotopic (exact) mass is 275 g/mol. The summed E-state index contributed by atoms with van der Waals surface area (Å²) < 4.78 is 11.3. The Hall–Kier alpha value is -1.71. The van der Waals surface area contributed by atoms with Crippen LogP contribution in [0.5, 0.6) is 11.5 Å². The molecule has 0 spiro atoms. The molecule has 3 atom stereocenters. The third kappa shape index (κ3) is 2.89. The molecular weight excluding hydrogens is 254 g/mol. The highest BCUT2D eigenvalue weighted by atomic mass is 16.6. The number of fused-ring (bicyclic) bond motifs is 1. The van der Waals surface area contributed by atoms with E-state index in [4.69, 9.17) is 9.47 Å². The topological polar surface area (TPSA) is 47.6 Å². The van der Waals surface area contributed by atoms with Gasteiger partial charge in [-0.2, -0.15) is 0 Å². The minimum absolute atomic E-state index is 0.0568. The quantitative estimate of drug-likeness (QED) is 0.902. The van der Waals surface area contributed by atoms with E-state index in [0.717, 1.165) is 12.8 Å². The highest BCUT2D eigenvalue weighted by Crippen LogP contribution is 2.31. The summed E-state index contributed by atoms with van der Waals surface area (Å²) in [6.45, 7) is 2.53. The summed E-state index contributed by atoms with van der Waals surface area (Å²) >= 11 is 0. The fourth-order valence-electron chi connectivity index (χ4n) is 3.01. The van der Waals surface area contributed by atoms with Gasteiger partial charge >= 0.3 is 0 Å². The Morgan fingerprint density at radius 2 is 2.05 bits per heavy atom. The SMILES string of the molecule is CC1CCCC(NC(=O)C2COc3ccccc3O2)C1. The van der Waals surface area contributed by atoms with Gasteiger partial charge in [-0.15, -0.1) is 0 Å². The molecule has 1 aliphatic carbocycles. The van der Waals surface area contributed by atoms with Crippen molar-refractivity contribution in [2.75, 3.05) is 6.61 Å². The van der Waals surface area contributed by atoms with E-state index in [1.165, 1.54) is 12.8 Å². The first-order valence-electron chi connectivity index (χ1n) is 7.41. The van der Waals surface area contributed by atoms with Crippen molar-refractivity contribution in [3.05, 3.63) is 24.3 Å². The largest absolute Gasteiger partial charge is 0.485 e. The molecule has 4 heteroatoms. The molecule has 0 aromatic heterocycles. The van der Waals surface area contributed by atoms with E-state index in [2.05, 4.69) is 12.2 Å². The van der Waals surface area contributed by atoms with E-state index < -0.39 is 6.10 Å². The lowest BCUT2D eigenvalue weighted by atomic mass is 9.87. The van der Waals surface area contributed by atoms with Gasteiger partial charge in [-0.1, -0.05) is 31.9 Å². The summed E-state index contributed by atoms with van der Waals surface area (Å²) in [6.07, 6.45) is 4.05. The maximum absolute atomic E-state index is 12.3. The molecule has 1 amide bonds. The van der Waals surface area contributed by atoms with Crippen molar-refractivity contribution in [2.45, 2.75) is 44.8 Å². The van der Waals surface area contributed by atoms with E-state index in [-0.39, 0.29) is 18.6 Å². The van der Waals surface area contributed by atoms with Crippen LogP contribution in [0.25, 0.3) is 0 Å². The first kappa shape index (κ1) is 13.3. The average molecular weight is 275 g/mol. The number of hydrogen-bond acceptors (Lipinski definition) is 3. The first-order chi connectivity index (χ1) is 9.72. The van der Waals surface area contributed by atoms with Crippen LogP contribution in [0, 0.1) is 5.92 Å². The molecule has 4 nitrogen and oxygen atoms in total. The van der Waals surface area contributed by atoms with E-state index in [0.29, 0.717) is 17.4 Å². The van der Waals surface area contributed by atoms with Crippen LogP contribution in [-0.2, 0) is 4.79 Å². The van der Waals surface area contributed by atoms with Crippen molar-refractivity contribution < 1.29 is 14.3 Å². The Kier molecular flexibility index (Phi) is 3.81. The summed E-state index contributed by atoms with van der Waals surface area (Å²) in [4.78, 5) is 12.3. The van der Waals surface area contributed by atoms with Crippen LogP contribution in [-0.4, -0.2) is 24.7 Å². The Bertz CT molecular complexity index is 488. The van der Waals surface area contributed by atoms with Gasteiger partial charge in [-0.3, -0.25) is 4.79 Å². The maximum Gasteiger partial charge on any atom is 0.264 e. The summed E-state index contributed by atoms with van der Waals surface area (Å²) in [5.74, 6) is 2.00. The van der Waals surface area contributed by atoms with E-state index in [9.17, 15) is 4.79 Å². The highest BCUT2D eigenvalue weighted by Gasteiger charge is 2.29. The molecule has 1 heterocycles. The number of nitrogens with one attached hydrogen (secondary N) is 1. The minimum Gasteiger partial charge on any atom is -0.485 e. The lowest BCUT2D eigenvalue weighted by molar-refractivity contribution is -0.131. The Balaban J connectivity index is 1.59. The third-order valence-corrected chi connectivity index (χ3v) is 4.08. The van der Waals surface area contributed by atoms with E-state index >= 15 is 0 Å². The molecule has 2 aliphatic rings. The van der Waals surface area contributed by atoms with Crippen molar-refractivity contribution in [2.24, 2.45) is 5.92 Å². The van der Waals surface area contributed by atoms with Gasteiger partial charge in [0.1, 0.15) is 6.61 Å². The molecule has 1 aromatic rings. The molecule has 1 N–H and O–H groups in total. The summed E-state index contributed by atoms with van der Waals surface area (Å²) in [7, 11) is 0. The fraction of sp³-hybridized carbons (Fsp3) is 0.562. The zero-order valence-electron chi connectivity index (χ0n) is 11.8. The van der Waals surface area contributed by atoms with Crippen LogP contribution in [0.4, 0.5) is 0 Å². The van der Waals surface area contributed by atoms with Gasteiger partial charge in [0.05, 0.1) is 0 Å². The van der Waals surface area contributed by atoms with Gasteiger partial charge in [0, 0.05) is 6.04 Å². The van der Waals surface area contributed by atoms with Gasteiger partial charge in [0.2, 0.25) is 6.10 Å². The number of ether oxygens (including phenoxy) is 2. The smallest absolute Gasteiger partial charge is 0.264 e. The van der Waals surface area contributed by atoms with Crippen molar-refractivity contribution in [3.8, 4) is 11.5 Å². The maximum atomic E-state index is 12.3. The second-order valence-corrected chi connectivity index (χ2v) is 5.84. The van der Waals surface area contributed by atoms with Gasteiger partial charge in [-0.25, -0.2) is 0 Å². The Morgan fingerprint density at radius 1 is 1.25 bits per heavy atom. The molecular formula is C16H21NO3. The van der Waals surface area contributed by atoms with Crippen LogP contribution >= 0.6 is 0 Å². The van der Waals surface area contributed by atoms with Crippen molar-refractivity contribution in [1.29, 1.82) is 0 Å². The predicted molar refractivity (Wildman–Crippen MR) is 75.9 cm³/mol. The normalized spacial score (nSPS) is 28.8. The molecule has 3 unspecified atom stereocenters. The number of hydrogen-bond donors (Lipinski definition) is 1. The van der Waals surface area contributed by atoms with Crippen molar-refractivity contribution in [1.82, 2.24) is 5.32 Å². The van der Waals surface area contributed by atoms with E-state index in [1.54, 1.807) is 0 Å². The Labute approximate surface area is 119 Å². The number of amides is 1. The molecule has 1 aromatic carbocycles. The third-order valence-electron chi connectivity index (χ3n) is 4.08. The van der Waals surface area contributed by atoms with Crippen LogP contribution < -0.4 is 14.8 Å². The molecule has 108 valence electrons. The summed E-state index contributed by atoms with van der Waals surface area (Å²) in [5.41, 5.74) is 0. The van der Waals surface area contributed by atoms with Gasteiger partial charge in [0.25, 0.3) is 5.91 Å². The van der Waals surface area contributed by atoms with Gasteiger partial charge < -0.3 is 14.8 Å². The zero-order chi connectivity index (χ0) is 13.9. The minimum atomic E-state index is -0.540. The van der Waals surface area contributed by atoms with Gasteiger partial charge in [0.15, 0.2) is 11.5 Å². The number of benzene rings is 1. The van der Waals surface area contributed by atoms with Crippen LogP contribution in [0.2, 0.25) is 0 Å². The number of carbonyl (C=O) groups excluding carboxylic acids is 1. The molecule has 1 saturated carbocycles. The fourth-order valence-corrected chi connectivity index (χ4v) is 3.01. The van der Waals surface area contributed by atoms with Crippen LogP contribution in [0.3, 0.4) is 0 Å². The number of para-hydroxylation sites is 2. The molecule has 1 fully saturated rings. The average Bonchev–Trinajstić information content (AvgIpc) is 2.47. The molecule has 20 heavy (non-hydrogen) atoms. The standard InChI is InChI=1S/C16H21NO3/c1-11-5-4-6-12(9-11)17-16(18)15-10-19-13-7-2-3-8-14(13)20-15/h2-3,7-8,11-12,15H,4-6,9-10H2,1H3,(H,17,18). The molecule has 3 rings (SSSR count). The molecule has 0 saturated heterocycles. The Morgan fingerprint density at radius 3 is 2.85 bits per heavy atom. The summed E-state index contributed by atoms with van der Waals surface area (Å²) in [5, 5.41) is 3.11.